The molecule has 1 N–H and O–H groups in total. The van der Waals surface area contributed by atoms with E-state index in [9.17, 15) is 19.5 Å². The zero-order valence-corrected chi connectivity index (χ0v) is 24.6. The monoisotopic (exact) mass is 571 g/mol. The highest BCUT2D eigenvalue weighted by molar-refractivity contribution is 6.30. The highest BCUT2D eigenvalue weighted by Crippen LogP contribution is 2.59. The highest BCUT2D eigenvalue weighted by atomic mass is 35.5. The van der Waals surface area contributed by atoms with E-state index in [2.05, 4.69) is 13.2 Å². The predicted molar refractivity (Wildman–Crippen MR) is 156 cm³/mol. The van der Waals surface area contributed by atoms with Crippen LogP contribution in [0.3, 0.4) is 0 Å². The molecule has 1 aromatic rings. The first-order valence-electron chi connectivity index (χ1n) is 14.3. The summed E-state index contributed by atoms with van der Waals surface area (Å²) in [7, 11) is 0. The van der Waals surface area contributed by atoms with E-state index in [1.165, 1.54) is 0 Å². The SMILES string of the molecule is C=CCN(CCC)C(=O)[C@@H]1[C@@H]2CCC3(O2)C(C(=O)N(CC=C)c2ccc(Cl)cc2)N([C@@H](CO)CC(C)C)C(=O)[C@H]13. The summed E-state index contributed by atoms with van der Waals surface area (Å²) in [4.78, 5) is 47.8. The van der Waals surface area contributed by atoms with Gasteiger partial charge in [0.1, 0.15) is 11.6 Å². The molecule has 2 bridgehead atoms. The van der Waals surface area contributed by atoms with E-state index in [1.807, 2.05) is 20.8 Å². The number of hydrogen-bond acceptors (Lipinski definition) is 5. The van der Waals surface area contributed by atoms with Crippen molar-refractivity contribution >= 4 is 35.0 Å². The fourth-order valence-corrected chi connectivity index (χ4v) is 7.14. The number of nitrogens with zero attached hydrogens (tertiary/aromatic N) is 3. The minimum atomic E-state index is -1.15. The Kier molecular flexibility index (Phi) is 9.43. The number of rotatable bonds is 13. The van der Waals surface area contributed by atoms with Crippen LogP contribution in [0.25, 0.3) is 0 Å². The van der Waals surface area contributed by atoms with Gasteiger partial charge >= 0.3 is 0 Å². The van der Waals surface area contributed by atoms with Crippen molar-refractivity contribution in [3.63, 3.8) is 0 Å². The number of aliphatic hydroxyl groups excluding tert-OH is 1. The van der Waals surface area contributed by atoms with Gasteiger partial charge in [0.05, 0.1) is 30.6 Å². The average molecular weight is 572 g/mol. The number of ether oxygens (including phenoxy) is 1. The minimum absolute atomic E-state index is 0.134. The average Bonchev–Trinajstić information content (AvgIpc) is 3.57. The molecule has 6 atom stereocenters. The second kappa shape index (κ2) is 12.5. The molecule has 0 radical (unpaired) electrons. The molecule has 218 valence electrons. The van der Waals surface area contributed by atoms with Crippen LogP contribution in [0.2, 0.25) is 5.02 Å². The quantitative estimate of drug-likeness (QED) is 0.361. The van der Waals surface area contributed by atoms with Crippen LogP contribution < -0.4 is 4.90 Å². The number of halogens is 1. The van der Waals surface area contributed by atoms with Crippen molar-refractivity contribution in [3.05, 3.63) is 54.6 Å². The summed E-state index contributed by atoms with van der Waals surface area (Å²) in [6.07, 6.45) is 5.24. The normalized spacial score (nSPS) is 27.6. The van der Waals surface area contributed by atoms with E-state index in [4.69, 9.17) is 16.3 Å². The summed E-state index contributed by atoms with van der Waals surface area (Å²) in [5.41, 5.74) is -0.534. The van der Waals surface area contributed by atoms with Crippen LogP contribution in [0.4, 0.5) is 5.69 Å². The van der Waals surface area contributed by atoms with Crippen LogP contribution in [0.5, 0.6) is 0 Å². The Morgan fingerprint density at radius 2 is 1.88 bits per heavy atom. The maximum Gasteiger partial charge on any atom is 0.253 e. The molecule has 3 fully saturated rings. The molecule has 1 spiro atoms. The van der Waals surface area contributed by atoms with Crippen molar-refractivity contribution in [3.8, 4) is 0 Å². The third-order valence-electron chi connectivity index (χ3n) is 8.48. The molecule has 0 aromatic heterocycles. The number of carbonyl (C=O) groups excluding carboxylic acids is 3. The lowest BCUT2D eigenvalue weighted by atomic mass is 9.70. The van der Waals surface area contributed by atoms with Crippen LogP contribution in [-0.2, 0) is 19.1 Å². The van der Waals surface area contributed by atoms with Gasteiger partial charge in [-0.1, -0.05) is 44.5 Å². The van der Waals surface area contributed by atoms with Crippen molar-refractivity contribution < 1.29 is 24.2 Å². The molecule has 9 heteroatoms. The summed E-state index contributed by atoms with van der Waals surface area (Å²) >= 11 is 6.12. The first-order chi connectivity index (χ1) is 19.1. The lowest BCUT2D eigenvalue weighted by Gasteiger charge is -2.39. The van der Waals surface area contributed by atoms with Gasteiger partial charge in [-0.15, -0.1) is 13.2 Å². The number of amides is 3. The molecule has 3 aliphatic rings. The molecule has 0 aliphatic carbocycles. The second-order valence-corrected chi connectivity index (χ2v) is 12.0. The van der Waals surface area contributed by atoms with E-state index < -0.39 is 35.6 Å². The van der Waals surface area contributed by atoms with Gasteiger partial charge in [-0.2, -0.15) is 0 Å². The van der Waals surface area contributed by atoms with Crippen molar-refractivity contribution in [1.29, 1.82) is 0 Å². The van der Waals surface area contributed by atoms with Crippen LogP contribution >= 0.6 is 11.6 Å². The van der Waals surface area contributed by atoms with E-state index >= 15 is 0 Å². The second-order valence-electron chi connectivity index (χ2n) is 11.6. The zero-order valence-electron chi connectivity index (χ0n) is 23.8. The van der Waals surface area contributed by atoms with Crippen molar-refractivity contribution in [2.45, 2.75) is 70.2 Å². The fourth-order valence-electron chi connectivity index (χ4n) is 7.01. The van der Waals surface area contributed by atoms with Crippen molar-refractivity contribution in [1.82, 2.24) is 9.80 Å². The van der Waals surface area contributed by atoms with Crippen molar-refractivity contribution in [2.24, 2.45) is 17.8 Å². The van der Waals surface area contributed by atoms with Gasteiger partial charge in [0, 0.05) is 30.3 Å². The summed E-state index contributed by atoms with van der Waals surface area (Å²) in [5, 5.41) is 11.0. The first-order valence-corrected chi connectivity index (χ1v) is 14.7. The van der Waals surface area contributed by atoms with Gasteiger partial charge in [-0.05, 0) is 55.9 Å². The zero-order chi connectivity index (χ0) is 29.2. The van der Waals surface area contributed by atoms with Crippen LogP contribution in [0.1, 0.15) is 46.5 Å². The summed E-state index contributed by atoms with van der Waals surface area (Å²) in [6, 6.07) is 5.36. The molecular formula is C31H42ClN3O5. The Balaban J connectivity index is 1.81. The molecular weight excluding hydrogens is 530 g/mol. The Bertz CT molecular complexity index is 1120. The Morgan fingerprint density at radius 3 is 2.45 bits per heavy atom. The number of benzene rings is 1. The van der Waals surface area contributed by atoms with Crippen molar-refractivity contribution in [2.75, 3.05) is 31.1 Å². The van der Waals surface area contributed by atoms with Gasteiger partial charge in [-0.3, -0.25) is 14.4 Å². The topological polar surface area (TPSA) is 90.4 Å². The number of hydrogen-bond donors (Lipinski definition) is 1. The summed E-state index contributed by atoms with van der Waals surface area (Å²) in [5.74, 6) is -2.05. The van der Waals surface area contributed by atoms with Crippen LogP contribution in [0.15, 0.2) is 49.6 Å². The van der Waals surface area contributed by atoms with E-state index in [-0.39, 0.29) is 36.8 Å². The van der Waals surface area contributed by atoms with Gasteiger partial charge in [0.15, 0.2) is 0 Å². The highest BCUT2D eigenvalue weighted by Gasteiger charge is 2.75. The molecule has 3 amide bonds. The molecule has 40 heavy (non-hydrogen) atoms. The number of fused-ring (bicyclic) bond motifs is 1. The molecule has 3 aliphatic heterocycles. The minimum Gasteiger partial charge on any atom is -0.394 e. The fraction of sp³-hybridized carbons (Fsp3) is 0.581. The first kappa shape index (κ1) is 30.3. The summed E-state index contributed by atoms with van der Waals surface area (Å²) < 4.78 is 6.63. The third-order valence-corrected chi connectivity index (χ3v) is 8.73. The lowest BCUT2D eigenvalue weighted by molar-refractivity contribution is -0.147. The maximum atomic E-state index is 14.6. The predicted octanol–water partition coefficient (Wildman–Crippen LogP) is 4.07. The van der Waals surface area contributed by atoms with Gasteiger partial charge < -0.3 is 24.5 Å². The number of anilines is 1. The van der Waals surface area contributed by atoms with E-state index in [0.29, 0.717) is 43.1 Å². The molecule has 2 unspecified atom stereocenters. The molecule has 0 saturated carbocycles. The molecule has 1 aromatic carbocycles. The van der Waals surface area contributed by atoms with Crippen LogP contribution in [0, 0.1) is 17.8 Å². The largest absolute Gasteiger partial charge is 0.394 e. The van der Waals surface area contributed by atoms with E-state index in [0.717, 1.165) is 6.42 Å². The lowest BCUT2D eigenvalue weighted by Crippen LogP contribution is -2.59. The molecule has 4 rings (SSSR count). The van der Waals surface area contributed by atoms with E-state index in [1.54, 1.807) is 51.1 Å². The number of carbonyl (C=O) groups is 3. The smallest absolute Gasteiger partial charge is 0.253 e. The molecule has 3 saturated heterocycles. The van der Waals surface area contributed by atoms with Gasteiger partial charge in [0.25, 0.3) is 5.91 Å². The van der Waals surface area contributed by atoms with Gasteiger partial charge in [-0.25, -0.2) is 0 Å². The molecule has 8 nitrogen and oxygen atoms in total. The Morgan fingerprint density at radius 1 is 1.20 bits per heavy atom. The Hall–Kier alpha value is -2.68. The molecule has 3 heterocycles. The Labute approximate surface area is 242 Å². The maximum absolute atomic E-state index is 14.6. The van der Waals surface area contributed by atoms with Crippen LogP contribution in [-0.4, -0.2) is 82.7 Å². The third kappa shape index (κ3) is 5.21. The number of aliphatic hydroxyl groups is 1. The number of likely N-dealkylation sites (tertiary alicyclic amines) is 1. The van der Waals surface area contributed by atoms with Gasteiger partial charge in [0.2, 0.25) is 11.8 Å². The summed E-state index contributed by atoms with van der Waals surface area (Å²) in [6.45, 7) is 14.5. The standard InChI is InChI=1S/C31H42ClN3O5/c1-6-15-33(16-7-2)28(37)25-24-13-14-31(40-24)26(25)29(38)35(23(19-36)18-20(4)5)27(31)30(39)34(17-8-3)22-11-9-21(32)10-12-22/h6,8-12,20,23-27,36H,1,3,7,13-19H2,2,4-5H3/t23-,24+,25-,26+,27?,31?/m1/s1.